The summed E-state index contributed by atoms with van der Waals surface area (Å²) in [4.78, 5) is 11.2. The van der Waals surface area contributed by atoms with E-state index in [1.54, 1.807) is 6.07 Å². The van der Waals surface area contributed by atoms with Crippen molar-refractivity contribution in [2.45, 2.75) is 11.2 Å². The molecule has 4 heteroatoms. The summed E-state index contributed by atoms with van der Waals surface area (Å²) >= 11 is 6.37. The van der Waals surface area contributed by atoms with Gasteiger partial charge in [0, 0.05) is 15.6 Å². The molecule has 1 atom stereocenters. The summed E-state index contributed by atoms with van der Waals surface area (Å²) < 4.78 is 13.9. The fourth-order valence-electron chi connectivity index (χ4n) is 1.47. The van der Waals surface area contributed by atoms with Gasteiger partial charge in [-0.15, -0.1) is 0 Å². The largest absolute Gasteiger partial charge is 0.293 e. The van der Waals surface area contributed by atoms with Gasteiger partial charge < -0.3 is 0 Å². The summed E-state index contributed by atoms with van der Waals surface area (Å²) in [5, 5.41) is 0. The van der Waals surface area contributed by atoms with Crippen LogP contribution in [0.15, 0.2) is 16.6 Å². The van der Waals surface area contributed by atoms with Crippen molar-refractivity contribution in [3.63, 3.8) is 0 Å². The predicted molar refractivity (Wildman–Crippen MR) is 54.8 cm³/mol. The van der Waals surface area contributed by atoms with Gasteiger partial charge in [0.2, 0.25) is 0 Å². The van der Waals surface area contributed by atoms with Gasteiger partial charge in [-0.25, -0.2) is 4.39 Å². The van der Waals surface area contributed by atoms with Gasteiger partial charge in [0.05, 0.1) is 4.83 Å². The van der Waals surface area contributed by atoms with E-state index in [1.165, 1.54) is 6.07 Å². The molecule has 0 aliphatic heterocycles. The van der Waals surface area contributed by atoms with E-state index in [9.17, 15) is 9.18 Å². The second-order valence-corrected chi connectivity index (χ2v) is 4.97. The van der Waals surface area contributed by atoms with Crippen molar-refractivity contribution in [2.75, 3.05) is 0 Å². The topological polar surface area (TPSA) is 17.1 Å². The van der Waals surface area contributed by atoms with Gasteiger partial charge in [0.15, 0.2) is 5.78 Å². The summed E-state index contributed by atoms with van der Waals surface area (Å²) in [5.41, 5.74) is 1.02. The lowest BCUT2D eigenvalue weighted by molar-refractivity contribution is 0.100. The van der Waals surface area contributed by atoms with E-state index in [4.69, 9.17) is 0 Å². The molecule has 0 heterocycles. The normalized spacial score (nSPS) is 20.5. The average Bonchev–Trinajstić information content (AvgIpc) is 2.32. The quantitative estimate of drug-likeness (QED) is 0.673. The number of hydrogen-bond donors (Lipinski definition) is 0. The van der Waals surface area contributed by atoms with Crippen LogP contribution in [0.3, 0.4) is 0 Å². The maximum absolute atomic E-state index is 13.3. The predicted octanol–water partition coefficient (Wildman–Crippen LogP) is 3.09. The zero-order valence-electron chi connectivity index (χ0n) is 6.48. The SMILES string of the molecule is O=C1c2cc(Br)cc(F)c2C[C@@H]1Br. The minimum atomic E-state index is -0.306. The van der Waals surface area contributed by atoms with Crippen molar-refractivity contribution in [2.24, 2.45) is 0 Å². The number of rotatable bonds is 0. The van der Waals surface area contributed by atoms with Crippen LogP contribution < -0.4 is 0 Å². The van der Waals surface area contributed by atoms with E-state index in [1.807, 2.05) is 0 Å². The van der Waals surface area contributed by atoms with Gasteiger partial charge in [0.1, 0.15) is 5.82 Å². The number of halogens is 3. The summed E-state index contributed by atoms with van der Waals surface area (Å²) in [5.74, 6) is -0.338. The molecule has 1 aromatic rings. The molecular weight excluding hydrogens is 303 g/mol. The molecule has 2 rings (SSSR count). The van der Waals surface area contributed by atoms with E-state index in [2.05, 4.69) is 31.9 Å². The summed E-state index contributed by atoms with van der Waals surface area (Å²) in [7, 11) is 0. The highest BCUT2D eigenvalue weighted by atomic mass is 79.9. The zero-order chi connectivity index (χ0) is 9.59. The molecule has 0 saturated carbocycles. The van der Waals surface area contributed by atoms with Crippen LogP contribution in [0.1, 0.15) is 15.9 Å². The Bertz CT molecular complexity index is 389. The number of carbonyl (C=O) groups excluding carboxylic acids is 1. The lowest BCUT2D eigenvalue weighted by Gasteiger charge is -1.99. The van der Waals surface area contributed by atoms with Crippen molar-refractivity contribution >= 4 is 37.6 Å². The number of benzene rings is 1. The molecule has 68 valence electrons. The number of fused-ring (bicyclic) bond motifs is 1. The van der Waals surface area contributed by atoms with Gasteiger partial charge >= 0.3 is 0 Å². The van der Waals surface area contributed by atoms with Crippen LogP contribution in [-0.4, -0.2) is 10.6 Å². The molecule has 0 radical (unpaired) electrons. The molecule has 13 heavy (non-hydrogen) atoms. The fraction of sp³-hybridized carbons (Fsp3) is 0.222. The molecule has 0 N–H and O–H groups in total. The Hall–Kier alpha value is -0.220. The van der Waals surface area contributed by atoms with E-state index in [0.717, 1.165) is 0 Å². The highest BCUT2D eigenvalue weighted by Crippen LogP contribution is 2.31. The molecule has 0 spiro atoms. The molecule has 0 fully saturated rings. The van der Waals surface area contributed by atoms with E-state index in [0.29, 0.717) is 22.0 Å². The van der Waals surface area contributed by atoms with Gasteiger partial charge in [-0.05, 0) is 18.6 Å². The van der Waals surface area contributed by atoms with Crippen molar-refractivity contribution in [1.82, 2.24) is 0 Å². The first-order valence-electron chi connectivity index (χ1n) is 3.76. The van der Waals surface area contributed by atoms with Crippen molar-refractivity contribution in [3.05, 3.63) is 33.5 Å². The van der Waals surface area contributed by atoms with Crippen LogP contribution in [0.5, 0.6) is 0 Å². The zero-order valence-corrected chi connectivity index (χ0v) is 9.65. The number of alkyl halides is 1. The molecule has 1 aliphatic rings. The van der Waals surface area contributed by atoms with E-state index >= 15 is 0 Å². The lowest BCUT2D eigenvalue weighted by Crippen LogP contribution is -2.05. The van der Waals surface area contributed by atoms with Crippen molar-refractivity contribution < 1.29 is 9.18 Å². The first kappa shape index (κ1) is 9.34. The summed E-state index contributed by atoms with van der Waals surface area (Å²) in [6, 6.07) is 3.05. The third-order valence-electron chi connectivity index (χ3n) is 2.09. The highest BCUT2D eigenvalue weighted by Gasteiger charge is 2.30. The van der Waals surface area contributed by atoms with Crippen LogP contribution in [0.4, 0.5) is 4.39 Å². The average molecular weight is 308 g/mol. The Balaban J connectivity index is 2.64. The molecule has 1 aliphatic carbocycles. The van der Waals surface area contributed by atoms with Gasteiger partial charge in [-0.3, -0.25) is 4.79 Å². The van der Waals surface area contributed by atoms with E-state index < -0.39 is 0 Å². The molecule has 0 saturated heterocycles. The van der Waals surface area contributed by atoms with E-state index in [-0.39, 0.29) is 16.4 Å². The maximum Gasteiger partial charge on any atom is 0.177 e. The third-order valence-corrected chi connectivity index (χ3v) is 3.29. The number of hydrogen-bond acceptors (Lipinski definition) is 1. The smallest absolute Gasteiger partial charge is 0.177 e. The van der Waals surface area contributed by atoms with Crippen LogP contribution in [0.2, 0.25) is 0 Å². The first-order valence-corrected chi connectivity index (χ1v) is 5.46. The van der Waals surface area contributed by atoms with Gasteiger partial charge in [-0.1, -0.05) is 31.9 Å². The molecular formula is C9H5Br2FO. The standard InChI is InChI=1S/C9H5Br2FO/c10-4-1-6-5(8(12)2-4)3-7(11)9(6)13/h1-2,7H,3H2/t7-/m0/s1. The van der Waals surface area contributed by atoms with Crippen LogP contribution in [0, 0.1) is 5.82 Å². The monoisotopic (exact) mass is 306 g/mol. The third kappa shape index (κ3) is 1.46. The van der Waals surface area contributed by atoms with Crippen molar-refractivity contribution in [1.29, 1.82) is 0 Å². The molecule has 0 bridgehead atoms. The van der Waals surface area contributed by atoms with Gasteiger partial charge in [-0.2, -0.15) is 0 Å². The van der Waals surface area contributed by atoms with Crippen LogP contribution in [-0.2, 0) is 6.42 Å². The molecule has 0 amide bonds. The highest BCUT2D eigenvalue weighted by molar-refractivity contribution is 9.10. The van der Waals surface area contributed by atoms with Crippen LogP contribution >= 0.6 is 31.9 Å². The Morgan fingerprint density at radius 1 is 1.46 bits per heavy atom. The Kier molecular flexibility index (Phi) is 2.28. The number of Topliss-reactive ketones (excluding diaryl/α,β-unsaturated/α-hetero) is 1. The fourth-order valence-corrected chi connectivity index (χ4v) is 2.47. The summed E-state index contributed by atoms with van der Waals surface area (Å²) in [6.07, 6.45) is 0.452. The maximum atomic E-state index is 13.3. The lowest BCUT2D eigenvalue weighted by atomic mass is 10.1. The molecule has 1 aromatic carbocycles. The minimum absolute atomic E-state index is 0.0322. The van der Waals surface area contributed by atoms with Crippen LogP contribution in [0.25, 0.3) is 0 Å². The number of ketones is 1. The second kappa shape index (κ2) is 3.17. The van der Waals surface area contributed by atoms with Gasteiger partial charge in [0.25, 0.3) is 0 Å². The van der Waals surface area contributed by atoms with Crippen molar-refractivity contribution in [3.8, 4) is 0 Å². The first-order chi connectivity index (χ1) is 6.09. The molecule has 0 aromatic heterocycles. The molecule has 0 unspecified atom stereocenters. The minimum Gasteiger partial charge on any atom is -0.293 e. The summed E-state index contributed by atoms with van der Waals surface area (Å²) in [6.45, 7) is 0. The molecule has 1 nitrogen and oxygen atoms in total. The number of carbonyl (C=O) groups is 1. The Morgan fingerprint density at radius 3 is 2.85 bits per heavy atom. The Labute approximate surface area is 91.6 Å². The second-order valence-electron chi connectivity index (χ2n) is 2.95. The Morgan fingerprint density at radius 2 is 2.15 bits per heavy atom.